The predicted molar refractivity (Wildman–Crippen MR) is 112 cm³/mol. The number of fused-ring (bicyclic) bond motifs is 1. The molecular weight excluding hydrogens is 384 g/mol. The quantitative estimate of drug-likeness (QED) is 0.664. The number of amides is 1. The van der Waals surface area contributed by atoms with E-state index in [9.17, 15) is 9.90 Å². The van der Waals surface area contributed by atoms with E-state index in [1.165, 1.54) is 13.2 Å². The molecule has 2 aromatic carbocycles. The molecule has 0 saturated heterocycles. The van der Waals surface area contributed by atoms with Crippen molar-refractivity contribution in [1.29, 1.82) is 0 Å². The van der Waals surface area contributed by atoms with E-state index in [2.05, 4.69) is 10.3 Å². The fourth-order valence-corrected chi connectivity index (χ4v) is 3.67. The van der Waals surface area contributed by atoms with Crippen LogP contribution in [0.25, 0.3) is 11.0 Å². The van der Waals surface area contributed by atoms with Gasteiger partial charge in [-0.15, -0.1) is 0 Å². The largest absolute Gasteiger partial charge is 0.508 e. The second-order valence-electron chi connectivity index (χ2n) is 7.29. The molecule has 0 bridgehead atoms. The first kappa shape index (κ1) is 19.8. The number of benzene rings is 2. The highest BCUT2D eigenvalue weighted by molar-refractivity contribution is 5.97. The normalized spacial score (nSPS) is 14.8. The van der Waals surface area contributed by atoms with Crippen molar-refractivity contribution in [3.05, 3.63) is 53.6 Å². The van der Waals surface area contributed by atoms with Crippen LogP contribution in [0.15, 0.2) is 51.9 Å². The molecule has 30 heavy (non-hydrogen) atoms. The van der Waals surface area contributed by atoms with Crippen LogP contribution in [-0.4, -0.2) is 31.3 Å². The maximum Gasteiger partial charge on any atom is 0.257 e. The van der Waals surface area contributed by atoms with Gasteiger partial charge in [-0.05, 0) is 43.2 Å². The van der Waals surface area contributed by atoms with E-state index in [0.29, 0.717) is 33.7 Å². The van der Waals surface area contributed by atoms with Crippen molar-refractivity contribution in [3.8, 4) is 17.2 Å². The Morgan fingerprint density at radius 2 is 1.90 bits per heavy atom. The average Bonchev–Trinajstić information content (AvgIpc) is 3.26. The lowest BCUT2D eigenvalue weighted by atomic mass is 10.1. The zero-order valence-corrected chi connectivity index (χ0v) is 17.0. The summed E-state index contributed by atoms with van der Waals surface area (Å²) >= 11 is 0. The van der Waals surface area contributed by atoms with Crippen LogP contribution in [0.4, 0.5) is 5.69 Å². The van der Waals surface area contributed by atoms with Crippen molar-refractivity contribution >= 4 is 22.6 Å². The number of phenolic OH excluding ortho intramolecular Hbond substituents is 1. The lowest BCUT2D eigenvalue weighted by Gasteiger charge is -2.12. The van der Waals surface area contributed by atoms with Crippen molar-refractivity contribution < 1.29 is 23.8 Å². The summed E-state index contributed by atoms with van der Waals surface area (Å²) < 4.78 is 16.6. The summed E-state index contributed by atoms with van der Waals surface area (Å²) in [4.78, 5) is 17.6. The molecule has 0 atom stereocenters. The fraction of sp³-hybridized carbons (Fsp3) is 0.304. The Hall–Kier alpha value is -3.48. The topological polar surface area (TPSA) is 93.3 Å². The van der Waals surface area contributed by atoms with Gasteiger partial charge in [0.15, 0.2) is 0 Å². The number of hydrogen-bond donors (Lipinski definition) is 2. The third kappa shape index (κ3) is 4.10. The number of aromatic hydroxyl groups is 1. The van der Waals surface area contributed by atoms with Gasteiger partial charge in [0.1, 0.15) is 34.1 Å². The molecule has 1 amide bonds. The van der Waals surface area contributed by atoms with Crippen molar-refractivity contribution in [1.82, 2.24) is 5.32 Å². The molecule has 4 rings (SSSR count). The summed E-state index contributed by atoms with van der Waals surface area (Å²) in [6, 6.07) is 11.9. The average molecular weight is 408 g/mol. The maximum atomic E-state index is 13.0. The van der Waals surface area contributed by atoms with E-state index in [0.717, 1.165) is 25.7 Å². The van der Waals surface area contributed by atoms with Gasteiger partial charge >= 0.3 is 0 Å². The van der Waals surface area contributed by atoms with E-state index in [1.54, 1.807) is 43.5 Å². The van der Waals surface area contributed by atoms with Crippen molar-refractivity contribution in [3.63, 3.8) is 0 Å². The van der Waals surface area contributed by atoms with Gasteiger partial charge in [-0.1, -0.05) is 12.8 Å². The summed E-state index contributed by atoms with van der Waals surface area (Å²) in [5.74, 6) is 0.960. The Kier molecular flexibility index (Phi) is 5.61. The minimum Gasteiger partial charge on any atom is -0.508 e. The summed E-state index contributed by atoms with van der Waals surface area (Å²) in [5, 5.41) is 13.6. The van der Waals surface area contributed by atoms with Crippen molar-refractivity contribution in [2.45, 2.75) is 31.7 Å². The number of ether oxygens (including phenoxy) is 2. The second-order valence-corrected chi connectivity index (χ2v) is 7.29. The van der Waals surface area contributed by atoms with Crippen LogP contribution >= 0.6 is 0 Å². The van der Waals surface area contributed by atoms with Gasteiger partial charge in [0.2, 0.25) is 5.55 Å². The molecule has 1 aromatic heterocycles. The summed E-state index contributed by atoms with van der Waals surface area (Å²) in [6.45, 7) is 0. The lowest BCUT2D eigenvalue weighted by molar-refractivity contribution is 0.0934. The smallest absolute Gasteiger partial charge is 0.257 e. The molecule has 0 aliphatic heterocycles. The molecule has 7 heteroatoms. The molecule has 1 aliphatic carbocycles. The van der Waals surface area contributed by atoms with Crippen LogP contribution < -0.4 is 20.3 Å². The zero-order valence-electron chi connectivity index (χ0n) is 17.0. The Balaban J connectivity index is 1.85. The molecular formula is C23H24N2O5. The first-order valence-corrected chi connectivity index (χ1v) is 9.92. The van der Waals surface area contributed by atoms with Crippen molar-refractivity contribution in [2.75, 3.05) is 14.2 Å². The summed E-state index contributed by atoms with van der Waals surface area (Å²) in [7, 11) is 3.11. The number of carbonyl (C=O) groups excluding carboxylic acids is 1. The monoisotopic (exact) mass is 408 g/mol. The fourth-order valence-electron chi connectivity index (χ4n) is 3.67. The van der Waals surface area contributed by atoms with E-state index >= 15 is 0 Å². The Morgan fingerprint density at radius 3 is 2.63 bits per heavy atom. The number of rotatable bonds is 5. The molecule has 7 nitrogen and oxygen atoms in total. The SMILES string of the molecule is COc1ccc(N=c2oc3cc(O)ccc3cc2C(=O)NC2CCCC2)c(OC)c1. The number of hydrogen-bond acceptors (Lipinski definition) is 6. The van der Waals surface area contributed by atoms with Crippen molar-refractivity contribution in [2.24, 2.45) is 4.99 Å². The van der Waals surface area contributed by atoms with Gasteiger partial charge < -0.3 is 24.3 Å². The predicted octanol–water partition coefficient (Wildman–Crippen LogP) is 4.06. The van der Waals surface area contributed by atoms with E-state index in [4.69, 9.17) is 13.9 Å². The Bertz CT molecular complexity index is 1150. The molecule has 3 aromatic rings. The third-order valence-corrected chi connectivity index (χ3v) is 5.28. The lowest BCUT2D eigenvalue weighted by Crippen LogP contribution is -2.35. The van der Waals surface area contributed by atoms with E-state index in [1.807, 2.05) is 0 Å². The van der Waals surface area contributed by atoms with Crippen LogP contribution in [0, 0.1) is 0 Å². The third-order valence-electron chi connectivity index (χ3n) is 5.28. The number of methoxy groups -OCH3 is 2. The van der Waals surface area contributed by atoms with Crippen LogP contribution in [0.5, 0.6) is 17.2 Å². The molecule has 1 heterocycles. The molecule has 0 unspecified atom stereocenters. The van der Waals surface area contributed by atoms with Crippen LogP contribution in [-0.2, 0) is 0 Å². The van der Waals surface area contributed by atoms with E-state index in [-0.39, 0.29) is 23.3 Å². The van der Waals surface area contributed by atoms with Gasteiger partial charge in [0.05, 0.1) is 14.2 Å². The molecule has 156 valence electrons. The molecule has 0 spiro atoms. The molecule has 1 fully saturated rings. The van der Waals surface area contributed by atoms with Crippen LogP contribution in [0.2, 0.25) is 0 Å². The highest BCUT2D eigenvalue weighted by Gasteiger charge is 2.20. The van der Waals surface area contributed by atoms with Crippen LogP contribution in [0.3, 0.4) is 0 Å². The Morgan fingerprint density at radius 1 is 1.10 bits per heavy atom. The minimum absolute atomic E-state index is 0.0717. The van der Waals surface area contributed by atoms with Gasteiger partial charge in [0.25, 0.3) is 5.91 Å². The number of nitrogens with one attached hydrogen (secondary N) is 1. The molecule has 1 aliphatic rings. The highest BCUT2D eigenvalue weighted by atomic mass is 16.5. The van der Waals surface area contributed by atoms with Gasteiger partial charge in [-0.3, -0.25) is 4.79 Å². The summed E-state index contributed by atoms with van der Waals surface area (Å²) in [6.07, 6.45) is 4.19. The zero-order chi connectivity index (χ0) is 21.1. The first-order chi connectivity index (χ1) is 14.6. The maximum absolute atomic E-state index is 13.0. The summed E-state index contributed by atoms with van der Waals surface area (Å²) in [5.41, 5.74) is 1.40. The van der Waals surface area contributed by atoms with Gasteiger partial charge in [0, 0.05) is 23.6 Å². The van der Waals surface area contributed by atoms with E-state index < -0.39 is 0 Å². The Labute approximate surface area is 174 Å². The minimum atomic E-state index is -0.230. The second kappa shape index (κ2) is 8.49. The van der Waals surface area contributed by atoms with Gasteiger partial charge in [-0.25, -0.2) is 4.99 Å². The highest BCUT2D eigenvalue weighted by Crippen LogP contribution is 2.31. The standard InChI is InChI=1S/C23H24N2O5/c1-28-17-9-10-19(21(13-17)29-2)25-23-18(22(27)24-15-5-3-4-6-15)11-14-7-8-16(26)12-20(14)30-23/h7-13,15,26H,3-6H2,1-2H3,(H,24,27). The van der Waals surface area contributed by atoms with Crippen LogP contribution in [0.1, 0.15) is 36.0 Å². The van der Waals surface area contributed by atoms with Gasteiger partial charge in [-0.2, -0.15) is 0 Å². The number of phenols is 1. The first-order valence-electron chi connectivity index (χ1n) is 9.92. The molecule has 0 radical (unpaired) electrons. The molecule has 1 saturated carbocycles. The number of carbonyl (C=O) groups is 1. The number of nitrogens with zero attached hydrogens (tertiary/aromatic N) is 1. The molecule has 2 N–H and O–H groups in total.